The van der Waals surface area contributed by atoms with Crippen molar-refractivity contribution >= 4 is 5.69 Å². The lowest BCUT2D eigenvalue weighted by molar-refractivity contribution is 0.145. The number of rotatable bonds is 4. The van der Waals surface area contributed by atoms with Crippen LogP contribution in [0.4, 0.5) is 5.69 Å². The van der Waals surface area contributed by atoms with Gasteiger partial charge < -0.3 is 10.6 Å². The number of anilines is 1. The molecule has 0 radical (unpaired) electrons. The van der Waals surface area contributed by atoms with Crippen LogP contribution in [0.1, 0.15) is 32.8 Å². The molecule has 1 unspecified atom stereocenters. The van der Waals surface area contributed by atoms with Crippen molar-refractivity contribution in [3.05, 3.63) is 29.8 Å². The van der Waals surface area contributed by atoms with Gasteiger partial charge in [-0.25, -0.2) is 0 Å². The van der Waals surface area contributed by atoms with E-state index in [0.29, 0.717) is 11.5 Å². The van der Waals surface area contributed by atoms with Crippen LogP contribution in [-0.4, -0.2) is 43.7 Å². The Labute approximate surface area is 130 Å². The van der Waals surface area contributed by atoms with E-state index in [9.17, 15) is 0 Å². The molecular weight excluding hydrogens is 258 g/mol. The number of piperazine rings is 1. The van der Waals surface area contributed by atoms with Crippen molar-refractivity contribution in [2.24, 2.45) is 11.1 Å². The largest absolute Gasteiger partial charge is 0.369 e. The Bertz CT molecular complexity index is 442. The molecule has 1 aliphatic heterocycles. The van der Waals surface area contributed by atoms with Crippen LogP contribution in [0.5, 0.6) is 0 Å². The molecule has 118 valence electrons. The molecule has 0 spiro atoms. The highest BCUT2D eigenvalue weighted by Crippen LogP contribution is 2.25. The smallest absolute Gasteiger partial charge is 0.0369 e. The van der Waals surface area contributed by atoms with E-state index < -0.39 is 0 Å². The summed E-state index contributed by atoms with van der Waals surface area (Å²) in [4.78, 5) is 5.08. The lowest BCUT2D eigenvalue weighted by Gasteiger charge is -2.41. The molecule has 1 aromatic rings. The maximum absolute atomic E-state index is 6.02. The van der Waals surface area contributed by atoms with Crippen molar-refractivity contribution in [1.29, 1.82) is 0 Å². The summed E-state index contributed by atoms with van der Waals surface area (Å²) in [6.45, 7) is 14.3. The van der Waals surface area contributed by atoms with Gasteiger partial charge >= 0.3 is 0 Å². The van der Waals surface area contributed by atoms with E-state index in [4.69, 9.17) is 5.73 Å². The molecule has 2 rings (SSSR count). The Kier molecular flexibility index (Phi) is 5.28. The summed E-state index contributed by atoms with van der Waals surface area (Å²) in [5, 5.41) is 0. The first-order chi connectivity index (χ1) is 9.89. The second-order valence-corrected chi connectivity index (χ2v) is 7.52. The summed E-state index contributed by atoms with van der Waals surface area (Å²) < 4.78 is 0. The highest BCUT2D eigenvalue weighted by Gasteiger charge is 2.26. The van der Waals surface area contributed by atoms with Crippen LogP contribution in [0, 0.1) is 12.3 Å². The fourth-order valence-corrected chi connectivity index (χ4v) is 3.24. The fourth-order valence-electron chi connectivity index (χ4n) is 3.24. The molecule has 21 heavy (non-hydrogen) atoms. The highest BCUT2D eigenvalue weighted by molar-refractivity contribution is 5.48. The third kappa shape index (κ3) is 4.72. The minimum absolute atomic E-state index is 0.345. The number of hydrogen-bond donors (Lipinski definition) is 1. The van der Waals surface area contributed by atoms with Gasteiger partial charge in [-0.2, -0.15) is 0 Å². The van der Waals surface area contributed by atoms with Gasteiger partial charge in [0, 0.05) is 44.5 Å². The van der Waals surface area contributed by atoms with Crippen LogP contribution in [-0.2, 0) is 0 Å². The third-order valence-corrected chi connectivity index (χ3v) is 4.32. The molecule has 3 nitrogen and oxygen atoms in total. The molecule has 1 aliphatic rings. The Morgan fingerprint density at radius 3 is 2.33 bits per heavy atom. The monoisotopic (exact) mass is 289 g/mol. The van der Waals surface area contributed by atoms with Crippen LogP contribution in [0.2, 0.25) is 0 Å². The predicted octanol–water partition coefficient (Wildman–Crippen LogP) is 2.88. The number of nitrogens with zero attached hydrogens (tertiary/aromatic N) is 2. The summed E-state index contributed by atoms with van der Waals surface area (Å²) in [6.07, 6.45) is 1.17. The molecule has 1 heterocycles. The van der Waals surface area contributed by atoms with E-state index >= 15 is 0 Å². The van der Waals surface area contributed by atoms with Gasteiger partial charge in [0.15, 0.2) is 0 Å². The molecule has 1 fully saturated rings. The number of benzene rings is 1. The van der Waals surface area contributed by atoms with Crippen LogP contribution in [0.25, 0.3) is 0 Å². The fraction of sp³-hybridized carbons (Fsp3) is 0.667. The number of aryl methyl sites for hydroxylation is 1. The maximum atomic E-state index is 6.02. The molecule has 1 atom stereocenters. The van der Waals surface area contributed by atoms with Crippen molar-refractivity contribution in [1.82, 2.24) is 4.90 Å². The Morgan fingerprint density at radius 2 is 1.81 bits per heavy atom. The van der Waals surface area contributed by atoms with Gasteiger partial charge in [0.2, 0.25) is 0 Å². The topological polar surface area (TPSA) is 32.5 Å². The van der Waals surface area contributed by atoms with Gasteiger partial charge in [0.25, 0.3) is 0 Å². The quantitative estimate of drug-likeness (QED) is 0.925. The summed E-state index contributed by atoms with van der Waals surface area (Å²) in [5.74, 6) is 0. The van der Waals surface area contributed by atoms with Gasteiger partial charge in [-0.1, -0.05) is 32.9 Å². The first kappa shape index (κ1) is 16.3. The van der Waals surface area contributed by atoms with Crippen LogP contribution in [0.15, 0.2) is 24.3 Å². The number of hydrogen-bond acceptors (Lipinski definition) is 3. The van der Waals surface area contributed by atoms with Crippen LogP contribution >= 0.6 is 0 Å². The van der Waals surface area contributed by atoms with Crippen molar-refractivity contribution in [3.63, 3.8) is 0 Å². The molecule has 0 aromatic heterocycles. The van der Waals surface area contributed by atoms with Crippen molar-refractivity contribution < 1.29 is 0 Å². The molecule has 1 saturated heterocycles. The number of nitrogens with two attached hydrogens (primary N) is 1. The van der Waals surface area contributed by atoms with Crippen molar-refractivity contribution in [2.75, 3.05) is 37.6 Å². The zero-order valence-corrected chi connectivity index (χ0v) is 14.1. The summed E-state index contributed by atoms with van der Waals surface area (Å²) in [5.41, 5.74) is 9.06. The van der Waals surface area contributed by atoms with Gasteiger partial charge in [-0.15, -0.1) is 0 Å². The van der Waals surface area contributed by atoms with E-state index in [-0.39, 0.29) is 0 Å². The lowest BCUT2D eigenvalue weighted by atomic mass is 9.87. The second-order valence-electron chi connectivity index (χ2n) is 7.52. The first-order valence-electron chi connectivity index (χ1n) is 8.15. The van der Waals surface area contributed by atoms with Gasteiger partial charge in [0.05, 0.1) is 0 Å². The zero-order valence-electron chi connectivity index (χ0n) is 14.1. The molecule has 0 amide bonds. The maximum Gasteiger partial charge on any atom is 0.0369 e. The average molecular weight is 289 g/mol. The Balaban J connectivity index is 1.93. The van der Waals surface area contributed by atoms with E-state index in [2.05, 4.69) is 61.8 Å². The van der Waals surface area contributed by atoms with Crippen LogP contribution in [0.3, 0.4) is 0 Å². The summed E-state index contributed by atoms with van der Waals surface area (Å²) in [6, 6.07) is 9.33. The molecule has 0 saturated carbocycles. The molecular formula is C18H31N3. The van der Waals surface area contributed by atoms with Crippen LogP contribution < -0.4 is 10.6 Å². The van der Waals surface area contributed by atoms with E-state index in [0.717, 1.165) is 32.7 Å². The first-order valence-corrected chi connectivity index (χ1v) is 8.15. The lowest BCUT2D eigenvalue weighted by Crippen LogP contribution is -2.53. The van der Waals surface area contributed by atoms with Gasteiger partial charge in [-0.3, -0.25) is 4.90 Å². The molecule has 1 aromatic carbocycles. The minimum atomic E-state index is 0.345. The molecule has 0 bridgehead atoms. The normalized spacial score (nSPS) is 18.8. The molecule has 0 aliphatic carbocycles. The Hall–Kier alpha value is -1.06. The summed E-state index contributed by atoms with van der Waals surface area (Å²) in [7, 11) is 0. The highest BCUT2D eigenvalue weighted by atomic mass is 15.3. The van der Waals surface area contributed by atoms with E-state index in [1.807, 2.05) is 0 Å². The standard InChI is InChI=1S/C18H31N3/c1-15-6-5-7-16(12-15)20-8-10-21(11-9-20)17(14-19)13-18(2,3)4/h5-7,12,17H,8-11,13-14,19H2,1-4H3. The van der Waals surface area contributed by atoms with Crippen molar-refractivity contribution in [3.8, 4) is 0 Å². The zero-order chi connectivity index (χ0) is 15.5. The van der Waals surface area contributed by atoms with E-state index in [1.54, 1.807) is 0 Å². The second kappa shape index (κ2) is 6.80. The molecule has 3 heteroatoms. The van der Waals surface area contributed by atoms with E-state index in [1.165, 1.54) is 17.7 Å². The van der Waals surface area contributed by atoms with Gasteiger partial charge in [-0.05, 0) is 36.5 Å². The third-order valence-electron chi connectivity index (χ3n) is 4.32. The summed E-state index contributed by atoms with van der Waals surface area (Å²) >= 11 is 0. The SMILES string of the molecule is Cc1cccc(N2CCN(C(CN)CC(C)(C)C)CC2)c1. The molecule has 2 N–H and O–H groups in total. The van der Waals surface area contributed by atoms with Crippen molar-refractivity contribution in [2.45, 2.75) is 40.2 Å². The Morgan fingerprint density at radius 1 is 1.14 bits per heavy atom. The minimum Gasteiger partial charge on any atom is -0.369 e. The predicted molar refractivity (Wildman–Crippen MR) is 91.9 cm³/mol. The van der Waals surface area contributed by atoms with Gasteiger partial charge in [0.1, 0.15) is 0 Å². The average Bonchev–Trinajstić information content (AvgIpc) is 2.44.